The van der Waals surface area contributed by atoms with Crippen molar-refractivity contribution in [1.29, 1.82) is 0 Å². The molecule has 0 bridgehead atoms. The first-order valence-electron chi connectivity index (χ1n) is 6.71. The average Bonchev–Trinajstić information content (AvgIpc) is 2.90. The van der Waals surface area contributed by atoms with Crippen LogP contribution in [0.5, 0.6) is 11.5 Å². The number of nitrogens with two attached hydrogens (primary N) is 1. The molecule has 2 aliphatic heterocycles. The van der Waals surface area contributed by atoms with E-state index >= 15 is 0 Å². The number of hydrogen-bond donors (Lipinski definition) is 1. The minimum Gasteiger partial charge on any atom is -0.485 e. The van der Waals surface area contributed by atoms with Gasteiger partial charge in [0.1, 0.15) is 18.1 Å². The van der Waals surface area contributed by atoms with Crippen LogP contribution in [0.1, 0.15) is 16.1 Å². The molecular formula is C13H16N2O5S. The molecule has 1 atom stereocenters. The Morgan fingerprint density at radius 2 is 2.14 bits per heavy atom. The first-order chi connectivity index (χ1) is 10.2. The van der Waals surface area contributed by atoms with Gasteiger partial charge in [0.15, 0.2) is 11.5 Å². The number of carbonyl (C=O) groups is 2. The Bertz CT molecular complexity index is 559. The van der Waals surface area contributed by atoms with E-state index in [4.69, 9.17) is 19.9 Å². The van der Waals surface area contributed by atoms with E-state index in [1.54, 1.807) is 10.3 Å². The van der Waals surface area contributed by atoms with Crippen molar-refractivity contribution in [2.24, 2.45) is 5.73 Å². The zero-order valence-corrected chi connectivity index (χ0v) is 12.2. The van der Waals surface area contributed by atoms with Gasteiger partial charge in [-0.2, -0.15) is 0 Å². The third kappa shape index (κ3) is 2.81. The molecule has 0 saturated carbocycles. The third-order valence-corrected chi connectivity index (χ3v) is 4.35. The number of nitrogens with zero attached hydrogens (tertiary/aromatic N) is 1. The van der Waals surface area contributed by atoms with Gasteiger partial charge in [0.05, 0.1) is 19.3 Å². The van der Waals surface area contributed by atoms with Crippen molar-refractivity contribution < 1.29 is 23.8 Å². The van der Waals surface area contributed by atoms with E-state index in [-0.39, 0.29) is 18.4 Å². The summed E-state index contributed by atoms with van der Waals surface area (Å²) >= 11 is 1.29. The molecule has 3 heterocycles. The molecule has 0 aromatic carbocycles. The van der Waals surface area contributed by atoms with Gasteiger partial charge in [-0.3, -0.25) is 9.59 Å². The molecule has 0 radical (unpaired) electrons. The van der Waals surface area contributed by atoms with Crippen LogP contribution < -0.4 is 15.2 Å². The van der Waals surface area contributed by atoms with Gasteiger partial charge in [-0.1, -0.05) is 0 Å². The maximum atomic E-state index is 12.7. The summed E-state index contributed by atoms with van der Waals surface area (Å²) in [6.07, 6.45) is 0.0939. The van der Waals surface area contributed by atoms with Crippen LogP contribution in [-0.2, 0) is 9.53 Å². The van der Waals surface area contributed by atoms with Crippen LogP contribution in [0.3, 0.4) is 0 Å². The van der Waals surface area contributed by atoms with Crippen molar-refractivity contribution in [2.75, 3.05) is 33.0 Å². The molecule has 0 spiro atoms. The molecule has 1 saturated heterocycles. The van der Waals surface area contributed by atoms with Gasteiger partial charge in [-0.05, 0) is 0 Å². The lowest BCUT2D eigenvalue weighted by Crippen LogP contribution is -2.50. The number of hydrogen-bond acceptors (Lipinski definition) is 6. The highest BCUT2D eigenvalue weighted by Crippen LogP contribution is 2.40. The van der Waals surface area contributed by atoms with Gasteiger partial charge in [-0.25, -0.2) is 0 Å². The Hall–Kier alpha value is -1.80. The Labute approximate surface area is 125 Å². The van der Waals surface area contributed by atoms with Crippen molar-refractivity contribution in [2.45, 2.75) is 12.5 Å². The summed E-state index contributed by atoms with van der Waals surface area (Å²) < 4.78 is 16.3. The highest BCUT2D eigenvalue weighted by Gasteiger charge is 2.33. The number of thiophene rings is 1. The van der Waals surface area contributed by atoms with Crippen LogP contribution in [-0.4, -0.2) is 55.7 Å². The first-order valence-corrected chi connectivity index (χ1v) is 7.59. The number of rotatable bonds is 3. The quantitative estimate of drug-likeness (QED) is 0.863. The minimum absolute atomic E-state index is 0.0939. The Morgan fingerprint density at radius 3 is 2.95 bits per heavy atom. The first kappa shape index (κ1) is 14.2. The Morgan fingerprint density at radius 1 is 1.33 bits per heavy atom. The molecule has 1 aromatic rings. The lowest BCUT2D eigenvalue weighted by Gasteiger charge is -2.35. The predicted octanol–water partition coefficient (Wildman–Crippen LogP) is 0.236. The summed E-state index contributed by atoms with van der Waals surface area (Å²) in [6, 6.07) is -0.328. The maximum Gasteiger partial charge on any atom is 0.268 e. The van der Waals surface area contributed by atoms with Crippen LogP contribution in [0.4, 0.5) is 0 Å². The Kier molecular flexibility index (Phi) is 3.98. The molecule has 2 amide bonds. The van der Waals surface area contributed by atoms with Gasteiger partial charge in [-0.15, -0.1) is 11.3 Å². The van der Waals surface area contributed by atoms with Gasteiger partial charge in [0, 0.05) is 18.3 Å². The molecule has 21 heavy (non-hydrogen) atoms. The van der Waals surface area contributed by atoms with Crippen LogP contribution in [0.25, 0.3) is 0 Å². The molecule has 0 unspecified atom stereocenters. The Balaban J connectivity index is 1.82. The fourth-order valence-corrected chi connectivity index (χ4v) is 3.35. The summed E-state index contributed by atoms with van der Waals surface area (Å²) in [4.78, 5) is 26.0. The zero-order chi connectivity index (χ0) is 14.8. The van der Waals surface area contributed by atoms with Gasteiger partial charge in [0.25, 0.3) is 5.91 Å². The summed E-state index contributed by atoms with van der Waals surface area (Å²) in [6.45, 7) is 2.12. The largest absolute Gasteiger partial charge is 0.485 e. The summed E-state index contributed by atoms with van der Waals surface area (Å²) in [5.74, 6) is 0.493. The molecule has 0 aliphatic carbocycles. The van der Waals surface area contributed by atoms with Gasteiger partial charge >= 0.3 is 0 Å². The van der Waals surface area contributed by atoms with Crippen molar-refractivity contribution in [3.8, 4) is 11.5 Å². The second-order valence-corrected chi connectivity index (χ2v) is 5.73. The van der Waals surface area contributed by atoms with Gasteiger partial charge in [0.2, 0.25) is 5.91 Å². The normalized spacial score (nSPS) is 21.1. The van der Waals surface area contributed by atoms with Crippen LogP contribution in [0, 0.1) is 0 Å². The van der Waals surface area contributed by atoms with Crippen LogP contribution in [0.15, 0.2) is 5.38 Å². The van der Waals surface area contributed by atoms with Crippen molar-refractivity contribution >= 4 is 23.2 Å². The zero-order valence-electron chi connectivity index (χ0n) is 11.4. The minimum atomic E-state index is -0.448. The number of morpholine rings is 1. The summed E-state index contributed by atoms with van der Waals surface area (Å²) in [5, 5.41) is 1.77. The molecule has 114 valence electrons. The number of amides is 2. The number of carbonyl (C=O) groups excluding carboxylic acids is 2. The summed E-state index contributed by atoms with van der Waals surface area (Å²) in [7, 11) is 0. The van der Waals surface area contributed by atoms with Crippen LogP contribution >= 0.6 is 11.3 Å². The van der Waals surface area contributed by atoms with E-state index in [9.17, 15) is 9.59 Å². The highest BCUT2D eigenvalue weighted by atomic mass is 32.1. The molecule has 8 heteroatoms. The fraction of sp³-hybridized carbons (Fsp3) is 0.538. The van der Waals surface area contributed by atoms with Crippen molar-refractivity contribution in [1.82, 2.24) is 4.90 Å². The smallest absolute Gasteiger partial charge is 0.268 e. The number of fused-ring (bicyclic) bond motifs is 1. The van der Waals surface area contributed by atoms with Crippen molar-refractivity contribution in [3.63, 3.8) is 0 Å². The van der Waals surface area contributed by atoms with E-state index in [0.717, 1.165) is 0 Å². The number of primary amides is 1. The second kappa shape index (κ2) is 5.90. The van der Waals surface area contributed by atoms with E-state index in [2.05, 4.69) is 0 Å². The molecule has 7 nitrogen and oxygen atoms in total. The molecule has 2 aliphatic rings. The standard InChI is InChI=1S/C13H16N2O5S/c14-10(16)5-8-6-18-2-1-15(8)13(17)12-11-9(7-21-12)19-3-4-20-11/h7-8H,1-6H2,(H2,14,16)/t8-/m1/s1. The second-order valence-electron chi connectivity index (χ2n) is 4.85. The van der Waals surface area contributed by atoms with E-state index in [1.807, 2.05) is 0 Å². The molecule has 1 aromatic heterocycles. The SMILES string of the molecule is NC(=O)C[C@@H]1COCCN1C(=O)c1scc2c1OCCO2. The monoisotopic (exact) mass is 312 g/mol. The lowest BCUT2D eigenvalue weighted by molar-refractivity contribution is -0.120. The number of ether oxygens (including phenoxy) is 3. The molecule has 3 rings (SSSR count). The van der Waals surface area contributed by atoms with Crippen molar-refractivity contribution in [3.05, 3.63) is 10.3 Å². The topological polar surface area (TPSA) is 91.1 Å². The third-order valence-electron chi connectivity index (χ3n) is 3.42. The molecule has 1 fully saturated rings. The predicted molar refractivity (Wildman–Crippen MR) is 74.8 cm³/mol. The molecule has 2 N–H and O–H groups in total. The van der Waals surface area contributed by atoms with Gasteiger partial charge < -0.3 is 24.8 Å². The highest BCUT2D eigenvalue weighted by molar-refractivity contribution is 7.12. The van der Waals surface area contributed by atoms with E-state index in [0.29, 0.717) is 49.3 Å². The fourth-order valence-electron chi connectivity index (χ4n) is 2.46. The maximum absolute atomic E-state index is 12.7. The van der Waals surface area contributed by atoms with E-state index < -0.39 is 5.91 Å². The summed E-state index contributed by atoms with van der Waals surface area (Å²) in [5.41, 5.74) is 5.24. The molecular weight excluding hydrogens is 296 g/mol. The van der Waals surface area contributed by atoms with E-state index in [1.165, 1.54) is 11.3 Å². The van der Waals surface area contributed by atoms with Crippen LogP contribution in [0.2, 0.25) is 0 Å². The lowest BCUT2D eigenvalue weighted by atomic mass is 10.1. The average molecular weight is 312 g/mol.